The van der Waals surface area contributed by atoms with E-state index >= 15 is 0 Å². The molecule has 218 valence electrons. The van der Waals surface area contributed by atoms with Crippen LogP contribution in [0.25, 0.3) is 11.0 Å². The fraction of sp³-hybridized carbons (Fsp3) is 0.433. The van der Waals surface area contributed by atoms with Crippen LogP contribution in [0.2, 0.25) is 0 Å². The maximum absolute atomic E-state index is 14.1. The van der Waals surface area contributed by atoms with Gasteiger partial charge in [-0.15, -0.1) is 0 Å². The standard InChI is InChI=1S/C30H36F2N6O3/c1-6-24(39)34-20(5)27(41)37-29(13-15-30(31,32)16-14-29)23-10-7-21(8-11-23)19(4)35-28-33-17-22-9-12-25(40)38(18(2)3)26(22)36-28/h6-12,17-20H,1,13-16H2,2-5H3,(H,34,39)(H,37,41)(H,33,35,36)/t19-,20+/m0/s1. The third-order valence-electron chi connectivity index (χ3n) is 7.63. The molecule has 0 aliphatic heterocycles. The first kappa shape index (κ1) is 29.8. The molecule has 1 aromatic carbocycles. The Balaban J connectivity index is 1.56. The molecule has 2 aromatic heterocycles. The van der Waals surface area contributed by atoms with Gasteiger partial charge in [-0.3, -0.25) is 19.0 Å². The Kier molecular flexibility index (Phi) is 8.55. The molecule has 2 amide bonds. The zero-order valence-corrected chi connectivity index (χ0v) is 23.7. The minimum Gasteiger partial charge on any atom is -0.348 e. The number of aromatic nitrogens is 3. The Labute approximate surface area is 237 Å². The van der Waals surface area contributed by atoms with Crippen molar-refractivity contribution >= 4 is 28.8 Å². The highest BCUT2D eigenvalue weighted by Gasteiger charge is 2.45. The second-order valence-corrected chi connectivity index (χ2v) is 11.0. The van der Waals surface area contributed by atoms with Gasteiger partial charge in [-0.2, -0.15) is 4.98 Å². The highest BCUT2D eigenvalue weighted by atomic mass is 19.3. The lowest BCUT2D eigenvalue weighted by molar-refractivity contribution is -0.130. The van der Waals surface area contributed by atoms with Crippen molar-refractivity contribution in [2.45, 2.75) is 83.0 Å². The highest BCUT2D eigenvalue weighted by molar-refractivity contribution is 5.92. The molecule has 0 radical (unpaired) electrons. The number of hydrogen-bond donors (Lipinski definition) is 3. The number of halogens is 2. The molecule has 2 heterocycles. The third-order valence-corrected chi connectivity index (χ3v) is 7.63. The fourth-order valence-corrected chi connectivity index (χ4v) is 5.19. The maximum atomic E-state index is 14.1. The second kappa shape index (κ2) is 11.8. The van der Waals surface area contributed by atoms with Gasteiger partial charge < -0.3 is 16.0 Å². The Morgan fingerprint density at radius 2 is 1.68 bits per heavy atom. The summed E-state index contributed by atoms with van der Waals surface area (Å²) >= 11 is 0. The summed E-state index contributed by atoms with van der Waals surface area (Å²) in [5, 5.41) is 9.50. The molecular formula is C30H36F2N6O3. The highest BCUT2D eigenvalue weighted by Crippen LogP contribution is 2.44. The summed E-state index contributed by atoms with van der Waals surface area (Å²) < 4.78 is 29.9. The van der Waals surface area contributed by atoms with Crippen LogP contribution in [0.15, 0.2) is 60.0 Å². The van der Waals surface area contributed by atoms with Crippen molar-refractivity contribution in [3.8, 4) is 0 Å². The van der Waals surface area contributed by atoms with Crippen molar-refractivity contribution in [2.24, 2.45) is 0 Å². The van der Waals surface area contributed by atoms with Gasteiger partial charge in [-0.05, 0) is 63.8 Å². The molecule has 0 unspecified atom stereocenters. The van der Waals surface area contributed by atoms with Gasteiger partial charge in [0.25, 0.3) is 5.56 Å². The molecule has 41 heavy (non-hydrogen) atoms. The molecule has 3 aromatic rings. The van der Waals surface area contributed by atoms with Gasteiger partial charge in [0.05, 0.1) is 11.6 Å². The minimum absolute atomic E-state index is 0.0590. The second-order valence-electron chi connectivity index (χ2n) is 11.0. The van der Waals surface area contributed by atoms with E-state index in [1.807, 2.05) is 45.0 Å². The molecule has 0 spiro atoms. The third kappa shape index (κ3) is 6.61. The van der Waals surface area contributed by atoms with Crippen molar-refractivity contribution in [3.63, 3.8) is 0 Å². The molecule has 1 saturated carbocycles. The monoisotopic (exact) mass is 566 g/mol. The fourth-order valence-electron chi connectivity index (χ4n) is 5.19. The summed E-state index contributed by atoms with van der Waals surface area (Å²) in [6, 6.07) is 9.47. The van der Waals surface area contributed by atoms with Crippen molar-refractivity contribution in [3.05, 3.63) is 76.7 Å². The Morgan fingerprint density at radius 3 is 2.29 bits per heavy atom. The summed E-state index contributed by atoms with van der Waals surface area (Å²) in [7, 11) is 0. The number of nitrogens with zero attached hydrogens (tertiary/aromatic N) is 3. The number of hydrogen-bond acceptors (Lipinski definition) is 6. The molecule has 1 fully saturated rings. The molecule has 11 heteroatoms. The number of pyridine rings is 1. The van der Waals surface area contributed by atoms with Crippen molar-refractivity contribution in [2.75, 3.05) is 5.32 Å². The number of fused-ring (bicyclic) bond motifs is 1. The largest absolute Gasteiger partial charge is 0.348 e. The first-order valence-electron chi connectivity index (χ1n) is 13.7. The summed E-state index contributed by atoms with van der Waals surface area (Å²) in [6.45, 7) is 10.7. The number of rotatable bonds is 9. The molecular weight excluding hydrogens is 530 g/mol. The van der Waals surface area contributed by atoms with E-state index in [0.717, 1.165) is 17.0 Å². The van der Waals surface area contributed by atoms with Gasteiger partial charge in [0.2, 0.25) is 23.7 Å². The van der Waals surface area contributed by atoms with Crippen LogP contribution in [0.3, 0.4) is 0 Å². The summed E-state index contributed by atoms with van der Waals surface area (Å²) in [5.74, 6) is -3.39. The van der Waals surface area contributed by atoms with Crippen LogP contribution in [-0.2, 0) is 15.1 Å². The van der Waals surface area contributed by atoms with Crippen LogP contribution in [-0.4, -0.2) is 38.3 Å². The van der Waals surface area contributed by atoms with Crippen LogP contribution < -0.4 is 21.5 Å². The number of anilines is 1. The van der Waals surface area contributed by atoms with Crippen LogP contribution in [0.1, 0.15) is 76.6 Å². The van der Waals surface area contributed by atoms with Gasteiger partial charge in [0.15, 0.2) is 0 Å². The summed E-state index contributed by atoms with van der Waals surface area (Å²) in [5.41, 5.74) is 1.00. The van der Waals surface area contributed by atoms with E-state index in [2.05, 4.69) is 32.5 Å². The number of carbonyl (C=O) groups excluding carboxylic acids is 2. The van der Waals surface area contributed by atoms with E-state index in [9.17, 15) is 23.2 Å². The first-order valence-corrected chi connectivity index (χ1v) is 13.7. The SMILES string of the molecule is C=CC(=O)N[C@H](C)C(=O)NC1(c2ccc([C@H](C)Nc3ncc4ccc(=O)n(C(C)C)c4n3)cc2)CCC(F)(F)CC1. The van der Waals surface area contributed by atoms with Gasteiger partial charge >= 0.3 is 0 Å². The van der Waals surface area contributed by atoms with Crippen LogP contribution in [0.5, 0.6) is 0 Å². The lowest BCUT2D eigenvalue weighted by atomic mass is 9.74. The maximum Gasteiger partial charge on any atom is 0.252 e. The molecule has 0 bridgehead atoms. The van der Waals surface area contributed by atoms with E-state index in [-0.39, 0.29) is 43.3 Å². The van der Waals surface area contributed by atoms with E-state index in [4.69, 9.17) is 0 Å². The average Bonchev–Trinajstić information content (AvgIpc) is 2.93. The molecule has 1 aliphatic rings. The molecule has 1 aliphatic carbocycles. The smallest absolute Gasteiger partial charge is 0.252 e. The predicted octanol–water partition coefficient (Wildman–Crippen LogP) is 4.76. The van der Waals surface area contributed by atoms with Crippen molar-refractivity contribution in [1.29, 1.82) is 0 Å². The lowest BCUT2D eigenvalue weighted by Gasteiger charge is -2.42. The zero-order valence-electron chi connectivity index (χ0n) is 23.7. The lowest BCUT2D eigenvalue weighted by Crippen LogP contribution is -2.55. The number of carbonyl (C=O) groups is 2. The normalized spacial score (nSPS) is 17.4. The zero-order chi connectivity index (χ0) is 29.9. The number of amides is 2. The van der Waals surface area contributed by atoms with E-state index in [1.54, 1.807) is 16.8 Å². The quantitative estimate of drug-likeness (QED) is 0.322. The molecule has 9 nitrogen and oxygen atoms in total. The average molecular weight is 567 g/mol. The molecule has 3 N–H and O–H groups in total. The summed E-state index contributed by atoms with van der Waals surface area (Å²) in [6.07, 6.45) is 2.14. The van der Waals surface area contributed by atoms with Gasteiger partial charge in [0.1, 0.15) is 11.7 Å². The number of alkyl halides is 2. The topological polar surface area (TPSA) is 118 Å². The van der Waals surface area contributed by atoms with Gasteiger partial charge in [-0.25, -0.2) is 13.8 Å². The molecule has 2 atom stereocenters. The van der Waals surface area contributed by atoms with Crippen molar-refractivity contribution in [1.82, 2.24) is 25.2 Å². The van der Waals surface area contributed by atoms with Crippen molar-refractivity contribution < 1.29 is 18.4 Å². The van der Waals surface area contributed by atoms with Gasteiger partial charge in [0, 0.05) is 36.5 Å². The van der Waals surface area contributed by atoms with Crippen LogP contribution in [0.4, 0.5) is 14.7 Å². The Morgan fingerprint density at radius 1 is 1.02 bits per heavy atom. The van der Waals surface area contributed by atoms with Crippen LogP contribution >= 0.6 is 0 Å². The molecule has 0 saturated heterocycles. The predicted molar refractivity (Wildman–Crippen MR) is 154 cm³/mol. The number of benzene rings is 1. The van der Waals surface area contributed by atoms with Gasteiger partial charge in [-0.1, -0.05) is 30.8 Å². The van der Waals surface area contributed by atoms with E-state index in [0.29, 0.717) is 17.2 Å². The first-order chi connectivity index (χ1) is 19.3. The Hall–Kier alpha value is -4.15. The summed E-state index contributed by atoms with van der Waals surface area (Å²) in [4.78, 5) is 46.1. The Bertz CT molecular complexity index is 1490. The van der Waals surface area contributed by atoms with E-state index in [1.165, 1.54) is 13.0 Å². The van der Waals surface area contributed by atoms with E-state index < -0.39 is 29.3 Å². The van der Waals surface area contributed by atoms with Crippen LogP contribution in [0, 0.1) is 0 Å². The minimum atomic E-state index is -2.80. The number of nitrogens with one attached hydrogen (secondary N) is 3. The molecule has 4 rings (SSSR count).